The summed E-state index contributed by atoms with van der Waals surface area (Å²) in [5, 5.41) is 4.72. The zero-order valence-electron chi connectivity index (χ0n) is 18.7. The molecule has 1 amide bonds. The van der Waals surface area contributed by atoms with Crippen LogP contribution in [0.2, 0.25) is 0 Å². The lowest BCUT2D eigenvalue weighted by atomic mass is 10.1. The third-order valence-electron chi connectivity index (χ3n) is 5.30. The van der Waals surface area contributed by atoms with E-state index in [2.05, 4.69) is 15.4 Å². The van der Waals surface area contributed by atoms with Crippen LogP contribution in [-0.4, -0.2) is 43.6 Å². The Morgan fingerprint density at radius 1 is 0.971 bits per heavy atom. The Bertz CT molecular complexity index is 1400. The molecule has 0 aliphatic carbocycles. The average molecular weight is 512 g/mol. The molecule has 4 aromatic rings. The number of carbonyl (C=O) groups is 1. The minimum Gasteiger partial charge on any atom is -0.483 e. The van der Waals surface area contributed by atoms with Gasteiger partial charge < -0.3 is 14.1 Å². The van der Waals surface area contributed by atoms with Crippen LogP contribution in [0.15, 0.2) is 81.0 Å². The second-order valence-corrected chi connectivity index (χ2v) is 8.35. The van der Waals surface area contributed by atoms with Gasteiger partial charge in [0, 0.05) is 30.5 Å². The first-order chi connectivity index (χ1) is 17.1. The van der Waals surface area contributed by atoms with Crippen LogP contribution in [-0.2, 0) is 4.79 Å². The number of anilines is 1. The molecule has 180 valence electrons. The highest BCUT2D eigenvalue weighted by Gasteiger charge is 2.13. The topological polar surface area (TPSA) is 84.1 Å². The van der Waals surface area contributed by atoms with Crippen molar-refractivity contribution in [3.8, 4) is 5.75 Å². The number of fused-ring (bicyclic) bond motifs is 2. The third kappa shape index (κ3) is 5.93. The van der Waals surface area contributed by atoms with Gasteiger partial charge in [0.05, 0.1) is 11.6 Å². The fourth-order valence-corrected chi connectivity index (χ4v) is 4.04. The molecule has 1 heterocycles. The lowest BCUT2D eigenvalue weighted by Gasteiger charge is -2.22. The van der Waals surface area contributed by atoms with Crippen LogP contribution >= 0.6 is 23.2 Å². The molecule has 4 rings (SSSR count). The number of halogens is 2. The van der Waals surface area contributed by atoms with Crippen LogP contribution in [0, 0.1) is 0 Å². The van der Waals surface area contributed by atoms with Crippen LogP contribution in [0.4, 0.5) is 5.69 Å². The predicted molar refractivity (Wildman–Crippen MR) is 141 cm³/mol. The van der Waals surface area contributed by atoms with Gasteiger partial charge in [-0.2, -0.15) is 5.10 Å². The number of hydrogen-bond acceptors (Lipinski definition) is 6. The SMILES string of the molecule is O=C(COc1cccc2oc3ccccc3c(=O)c12)N/N=C/c1ccc(N(CCCl)CCCl)cc1. The molecule has 1 N–H and O–H groups in total. The van der Waals surface area contributed by atoms with Crippen LogP contribution < -0.4 is 20.5 Å². The lowest BCUT2D eigenvalue weighted by molar-refractivity contribution is -0.123. The van der Waals surface area contributed by atoms with Crippen molar-refractivity contribution in [3.05, 3.63) is 82.5 Å². The van der Waals surface area contributed by atoms with E-state index in [-0.39, 0.29) is 17.8 Å². The molecule has 0 fully saturated rings. The van der Waals surface area contributed by atoms with E-state index >= 15 is 0 Å². The van der Waals surface area contributed by atoms with E-state index in [1.165, 1.54) is 6.21 Å². The number of nitrogens with one attached hydrogen (secondary N) is 1. The largest absolute Gasteiger partial charge is 0.483 e. The number of hydrazone groups is 1. The normalized spacial score (nSPS) is 11.3. The summed E-state index contributed by atoms with van der Waals surface area (Å²) in [6.45, 7) is 1.09. The Balaban J connectivity index is 1.38. The number of nitrogens with zero attached hydrogens (tertiary/aromatic N) is 2. The minimum absolute atomic E-state index is 0.213. The van der Waals surface area contributed by atoms with Crippen LogP contribution in [0.25, 0.3) is 21.9 Å². The number of carbonyl (C=O) groups excluding carboxylic acids is 1. The quantitative estimate of drug-likeness (QED) is 0.143. The second-order valence-electron chi connectivity index (χ2n) is 7.60. The van der Waals surface area contributed by atoms with Crippen molar-refractivity contribution >= 4 is 62.9 Å². The standard InChI is InChI=1S/C26H23Cl2N3O4/c27-12-14-31(15-13-28)19-10-8-18(9-11-19)16-29-30-24(32)17-34-22-6-3-7-23-25(22)26(33)20-4-1-2-5-21(20)35-23/h1-11,16H,12-15,17H2,(H,30,32)/b29-16+. The Morgan fingerprint density at radius 2 is 1.69 bits per heavy atom. The molecule has 3 aromatic carbocycles. The van der Waals surface area contributed by atoms with Gasteiger partial charge in [0.2, 0.25) is 5.43 Å². The molecular formula is C26H23Cl2N3O4. The van der Waals surface area contributed by atoms with Crippen LogP contribution in [0.1, 0.15) is 5.56 Å². The highest BCUT2D eigenvalue weighted by molar-refractivity contribution is 6.18. The summed E-state index contributed by atoms with van der Waals surface area (Å²) in [5.41, 5.74) is 4.92. The summed E-state index contributed by atoms with van der Waals surface area (Å²) in [5.74, 6) is 0.828. The zero-order chi connectivity index (χ0) is 24.6. The molecule has 35 heavy (non-hydrogen) atoms. The molecule has 0 aliphatic rings. The number of benzene rings is 3. The van der Waals surface area contributed by atoms with Crippen molar-refractivity contribution < 1.29 is 13.9 Å². The number of amides is 1. The molecule has 0 spiro atoms. The van der Waals surface area contributed by atoms with Gasteiger partial charge in [-0.05, 0) is 42.0 Å². The number of ether oxygens (including phenoxy) is 1. The van der Waals surface area contributed by atoms with Crippen molar-refractivity contribution in [2.75, 3.05) is 36.4 Å². The van der Waals surface area contributed by atoms with Gasteiger partial charge in [0.15, 0.2) is 6.61 Å². The minimum atomic E-state index is -0.463. The first-order valence-electron chi connectivity index (χ1n) is 11.0. The molecule has 0 aliphatic heterocycles. The highest BCUT2D eigenvalue weighted by atomic mass is 35.5. The molecule has 0 saturated carbocycles. The molecular weight excluding hydrogens is 489 g/mol. The molecule has 9 heteroatoms. The maximum absolute atomic E-state index is 12.9. The lowest BCUT2D eigenvalue weighted by Crippen LogP contribution is -2.27. The third-order valence-corrected chi connectivity index (χ3v) is 5.63. The summed E-state index contributed by atoms with van der Waals surface area (Å²) in [4.78, 5) is 27.3. The Hall–Kier alpha value is -3.55. The van der Waals surface area contributed by atoms with E-state index < -0.39 is 5.91 Å². The van der Waals surface area contributed by atoms with Gasteiger partial charge in [0.1, 0.15) is 22.3 Å². The molecule has 0 unspecified atom stereocenters. The molecule has 0 bridgehead atoms. The fourth-order valence-electron chi connectivity index (χ4n) is 3.64. The van der Waals surface area contributed by atoms with Gasteiger partial charge >= 0.3 is 0 Å². The fraction of sp³-hybridized carbons (Fsp3) is 0.192. The number of hydrogen-bond donors (Lipinski definition) is 1. The van der Waals surface area contributed by atoms with Crippen molar-refractivity contribution in [1.82, 2.24) is 5.43 Å². The van der Waals surface area contributed by atoms with Gasteiger partial charge in [0.25, 0.3) is 5.91 Å². The Labute approximate surface area is 211 Å². The highest BCUT2D eigenvalue weighted by Crippen LogP contribution is 2.26. The van der Waals surface area contributed by atoms with E-state index in [0.29, 0.717) is 46.8 Å². The van der Waals surface area contributed by atoms with Crippen molar-refractivity contribution in [2.45, 2.75) is 0 Å². The first-order valence-corrected chi connectivity index (χ1v) is 12.0. The van der Waals surface area contributed by atoms with E-state index in [0.717, 1.165) is 11.3 Å². The maximum atomic E-state index is 12.9. The first kappa shape index (κ1) is 24.6. The van der Waals surface area contributed by atoms with Gasteiger partial charge in [-0.1, -0.05) is 30.3 Å². The monoisotopic (exact) mass is 511 g/mol. The summed E-state index contributed by atoms with van der Waals surface area (Å²) in [6, 6.07) is 19.7. The Morgan fingerprint density at radius 3 is 2.43 bits per heavy atom. The van der Waals surface area contributed by atoms with E-state index in [9.17, 15) is 9.59 Å². The maximum Gasteiger partial charge on any atom is 0.277 e. The molecule has 0 saturated heterocycles. The molecule has 7 nitrogen and oxygen atoms in total. The number of rotatable bonds is 10. The Kier molecular flexibility index (Phi) is 8.23. The van der Waals surface area contributed by atoms with E-state index in [4.69, 9.17) is 32.4 Å². The smallest absolute Gasteiger partial charge is 0.277 e. The van der Waals surface area contributed by atoms with Crippen molar-refractivity contribution in [3.63, 3.8) is 0 Å². The molecule has 1 aromatic heterocycles. The van der Waals surface area contributed by atoms with Gasteiger partial charge in [-0.25, -0.2) is 5.43 Å². The number of alkyl halides is 2. The summed E-state index contributed by atoms with van der Waals surface area (Å²) in [7, 11) is 0. The number of para-hydroxylation sites is 1. The molecule has 0 radical (unpaired) electrons. The van der Waals surface area contributed by atoms with E-state index in [1.807, 2.05) is 24.3 Å². The zero-order valence-corrected chi connectivity index (χ0v) is 20.3. The van der Waals surface area contributed by atoms with E-state index in [1.54, 1.807) is 42.5 Å². The van der Waals surface area contributed by atoms with Crippen molar-refractivity contribution in [2.24, 2.45) is 5.10 Å². The summed E-state index contributed by atoms with van der Waals surface area (Å²) < 4.78 is 11.4. The summed E-state index contributed by atoms with van der Waals surface area (Å²) >= 11 is 11.7. The predicted octanol–water partition coefficient (Wildman–Crippen LogP) is 4.76. The average Bonchev–Trinajstić information content (AvgIpc) is 2.88. The molecule has 0 atom stereocenters. The van der Waals surface area contributed by atoms with Crippen LogP contribution in [0.3, 0.4) is 0 Å². The second kappa shape index (κ2) is 11.7. The van der Waals surface area contributed by atoms with Gasteiger partial charge in [-0.15, -0.1) is 23.2 Å². The summed E-state index contributed by atoms with van der Waals surface area (Å²) in [6.07, 6.45) is 1.54. The van der Waals surface area contributed by atoms with Crippen molar-refractivity contribution in [1.29, 1.82) is 0 Å². The van der Waals surface area contributed by atoms with Gasteiger partial charge in [-0.3, -0.25) is 9.59 Å². The van der Waals surface area contributed by atoms with Crippen LogP contribution in [0.5, 0.6) is 5.75 Å².